The highest BCUT2D eigenvalue weighted by molar-refractivity contribution is 6.00. The summed E-state index contributed by atoms with van der Waals surface area (Å²) in [6.07, 6.45) is 13.1. The van der Waals surface area contributed by atoms with E-state index < -0.39 is 0 Å². The second-order valence-corrected chi connectivity index (χ2v) is 8.75. The fourth-order valence-corrected chi connectivity index (χ4v) is 6.22. The van der Waals surface area contributed by atoms with Crippen molar-refractivity contribution < 1.29 is 10.3 Å². The van der Waals surface area contributed by atoms with Crippen molar-refractivity contribution in [3.63, 3.8) is 0 Å². The fraction of sp³-hybridized carbons (Fsp3) is 0.667. The SMILES string of the molecule is CC(=NO)C1=CC=C2[C@@H]3CC=C4C[C@@H](O)CC[C@]4(C)[C@H]3CC[C@]12C. The summed E-state index contributed by atoms with van der Waals surface area (Å²) in [5.74, 6) is 1.27. The van der Waals surface area contributed by atoms with Crippen molar-refractivity contribution in [2.24, 2.45) is 27.8 Å². The standard InChI is InChI=1S/C21H29NO2/c1-13(22-24)17-6-7-18-16-5-4-14-12-15(23)8-10-20(14,2)19(16)9-11-21(17,18)3/h4,6-7,15-16,19,23-24H,5,8-12H2,1-3H3/t15-,16-,19-,20-,21+/m0/s1. The van der Waals surface area contributed by atoms with Gasteiger partial charge >= 0.3 is 0 Å². The molecule has 24 heavy (non-hydrogen) atoms. The smallest absolute Gasteiger partial charge is 0.0805 e. The first-order valence-electron chi connectivity index (χ1n) is 9.39. The van der Waals surface area contributed by atoms with Crippen LogP contribution in [0.25, 0.3) is 0 Å². The first kappa shape index (κ1) is 16.1. The van der Waals surface area contributed by atoms with Gasteiger partial charge in [-0.25, -0.2) is 0 Å². The van der Waals surface area contributed by atoms with Gasteiger partial charge in [-0.1, -0.05) is 48.4 Å². The molecule has 4 aliphatic rings. The predicted octanol–water partition coefficient (Wildman–Crippen LogP) is 4.62. The molecule has 0 aromatic rings. The Morgan fingerprint density at radius 3 is 2.75 bits per heavy atom. The molecule has 0 radical (unpaired) electrons. The van der Waals surface area contributed by atoms with E-state index >= 15 is 0 Å². The summed E-state index contributed by atoms with van der Waals surface area (Å²) < 4.78 is 0. The fourth-order valence-electron chi connectivity index (χ4n) is 6.22. The lowest BCUT2D eigenvalue weighted by Gasteiger charge is -2.56. The van der Waals surface area contributed by atoms with E-state index in [0.717, 1.165) is 37.8 Å². The van der Waals surface area contributed by atoms with Gasteiger partial charge in [0.2, 0.25) is 0 Å². The first-order chi connectivity index (χ1) is 11.4. The molecule has 0 aliphatic heterocycles. The minimum absolute atomic E-state index is 0.0351. The average molecular weight is 327 g/mol. The lowest BCUT2D eigenvalue weighted by Crippen LogP contribution is -2.47. The van der Waals surface area contributed by atoms with Gasteiger partial charge in [0, 0.05) is 5.41 Å². The number of hydrogen-bond acceptors (Lipinski definition) is 3. The normalized spacial score (nSPS) is 44.8. The summed E-state index contributed by atoms with van der Waals surface area (Å²) in [5, 5.41) is 22.8. The third-order valence-electron chi connectivity index (χ3n) is 7.66. The van der Waals surface area contributed by atoms with Gasteiger partial charge in [0.25, 0.3) is 0 Å². The van der Waals surface area contributed by atoms with Crippen LogP contribution in [-0.2, 0) is 0 Å². The molecular weight excluding hydrogens is 298 g/mol. The molecule has 3 nitrogen and oxygen atoms in total. The number of rotatable bonds is 1. The van der Waals surface area contributed by atoms with Crippen molar-refractivity contribution in [3.8, 4) is 0 Å². The highest BCUT2D eigenvalue weighted by Gasteiger charge is 2.54. The van der Waals surface area contributed by atoms with E-state index in [4.69, 9.17) is 0 Å². The van der Waals surface area contributed by atoms with Crippen LogP contribution >= 0.6 is 0 Å². The zero-order valence-electron chi connectivity index (χ0n) is 15.0. The topological polar surface area (TPSA) is 52.8 Å². The molecule has 0 aromatic carbocycles. The Labute approximate surface area is 144 Å². The molecule has 2 fully saturated rings. The molecule has 0 heterocycles. The number of hydrogen-bond donors (Lipinski definition) is 2. The van der Waals surface area contributed by atoms with E-state index in [2.05, 4.69) is 37.2 Å². The van der Waals surface area contributed by atoms with Crippen LogP contribution in [0.4, 0.5) is 0 Å². The molecule has 4 aliphatic carbocycles. The first-order valence-corrected chi connectivity index (χ1v) is 9.39. The van der Waals surface area contributed by atoms with Crippen LogP contribution in [0.1, 0.15) is 59.3 Å². The average Bonchev–Trinajstić information content (AvgIpc) is 2.92. The van der Waals surface area contributed by atoms with Crippen molar-refractivity contribution in [1.82, 2.24) is 0 Å². The molecule has 0 bridgehead atoms. The number of aliphatic hydroxyl groups is 1. The van der Waals surface area contributed by atoms with Crippen molar-refractivity contribution in [2.45, 2.75) is 65.4 Å². The minimum atomic E-state index is -0.142. The van der Waals surface area contributed by atoms with E-state index in [1.165, 1.54) is 17.6 Å². The molecule has 2 N–H and O–H groups in total. The van der Waals surface area contributed by atoms with Gasteiger partial charge in [0.05, 0.1) is 11.8 Å². The molecular formula is C21H29NO2. The third kappa shape index (κ3) is 2.03. The summed E-state index contributed by atoms with van der Waals surface area (Å²) >= 11 is 0. The molecule has 0 saturated heterocycles. The molecule has 0 aromatic heterocycles. The highest BCUT2D eigenvalue weighted by Crippen LogP contribution is 2.63. The molecule has 0 amide bonds. The van der Waals surface area contributed by atoms with Crippen molar-refractivity contribution in [3.05, 3.63) is 34.9 Å². The van der Waals surface area contributed by atoms with Gasteiger partial charge in [-0.3, -0.25) is 0 Å². The van der Waals surface area contributed by atoms with Crippen LogP contribution in [0.5, 0.6) is 0 Å². The molecule has 0 spiro atoms. The largest absolute Gasteiger partial charge is 0.411 e. The Hall–Kier alpha value is -1.35. The van der Waals surface area contributed by atoms with Gasteiger partial charge in [-0.2, -0.15) is 0 Å². The summed E-state index contributed by atoms with van der Waals surface area (Å²) in [7, 11) is 0. The van der Waals surface area contributed by atoms with Crippen LogP contribution < -0.4 is 0 Å². The monoisotopic (exact) mass is 327 g/mol. The van der Waals surface area contributed by atoms with Crippen molar-refractivity contribution >= 4 is 5.71 Å². The Morgan fingerprint density at radius 1 is 1.21 bits per heavy atom. The Kier molecular flexibility index (Phi) is 3.58. The molecule has 4 rings (SSSR count). The maximum Gasteiger partial charge on any atom is 0.0805 e. The second kappa shape index (κ2) is 5.32. The molecule has 3 heteroatoms. The number of oxime groups is 1. The maximum absolute atomic E-state index is 10.1. The van der Waals surface area contributed by atoms with Crippen LogP contribution in [0.3, 0.4) is 0 Å². The number of fused-ring (bicyclic) bond motifs is 5. The van der Waals surface area contributed by atoms with E-state index in [0.29, 0.717) is 11.8 Å². The zero-order valence-corrected chi connectivity index (χ0v) is 15.0. The van der Waals surface area contributed by atoms with Gasteiger partial charge in [0.15, 0.2) is 0 Å². The lowest BCUT2D eigenvalue weighted by atomic mass is 9.49. The maximum atomic E-state index is 10.1. The summed E-state index contributed by atoms with van der Waals surface area (Å²) in [4.78, 5) is 0. The third-order valence-corrected chi connectivity index (χ3v) is 7.66. The van der Waals surface area contributed by atoms with E-state index in [1.807, 2.05) is 6.92 Å². The van der Waals surface area contributed by atoms with Crippen LogP contribution in [-0.4, -0.2) is 22.1 Å². The van der Waals surface area contributed by atoms with Crippen LogP contribution in [0, 0.1) is 22.7 Å². The van der Waals surface area contributed by atoms with Gasteiger partial charge in [-0.15, -0.1) is 0 Å². The summed E-state index contributed by atoms with van der Waals surface area (Å²) in [6, 6.07) is 0. The van der Waals surface area contributed by atoms with E-state index in [1.54, 1.807) is 5.57 Å². The van der Waals surface area contributed by atoms with E-state index in [-0.39, 0.29) is 16.9 Å². The van der Waals surface area contributed by atoms with E-state index in [9.17, 15) is 10.3 Å². The second-order valence-electron chi connectivity index (χ2n) is 8.75. The minimum Gasteiger partial charge on any atom is -0.411 e. The summed E-state index contributed by atoms with van der Waals surface area (Å²) in [5.41, 5.74) is 5.28. The number of nitrogens with zero attached hydrogens (tertiary/aromatic N) is 1. The van der Waals surface area contributed by atoms with Crippen LogP contribution in [0.15, 0.2) is 40.1 Å². The van der Waals surface area contributed by atoms with Crippen molar-refractivity contribution in [1.29, 1.82) is 0 Å². The highest BCUT2D eigenvalue weighted by atomic mass is 16.4. The quantitative estimate of drug-likeness (QED) is 0.320. The number of allylic oxidation sites excluding steroid dienone is 5. The van der Waals surface area contributed by atoms with Gasteiger partial charge in [-0.05, 0) is 68.3 Å². The molecule has 130 valence electrons. The van der Waals surface area contributed by atoms with Crippen molar-refractivity contribution in [2.75, 3.05) is 0 Å². The van der Waals surface area contributed by atoms with Crippen LogP contribution in [0.2, 0.25) is 0 Å². The Bertz CT molecular complexity index is 686. The molecule has 5 atom stereocenters. The molecule has 2 saturated carbocycles. The molecule has 0 unspecified atom stereocenters. The number of aliphatic hydroxyl groups excluding tert-OH is 1. The lowest BCUT2D eigenvalue weighted by molar-refractivity contribution is 0.0353. The Morgan fingerprint density at radius 2 is 2.00 bits per heavy atom. The van der Waals surface area contributed by atoms with Gasteiger partial charge < -0.3 is 10.3 Å². The zero-order chi connectivity index (χ0) is 17.1. The van der Waals surface area contributed by atoms with Gasteiger partial charge in [0.1, 0.15) is 0 Å². The summed E-state index contributed by atoms with van der Waals surface area (Å²) in [6.45, 7) is 6.67. The predicted molar refractivity (Wildman–Crippen MR) is 96.0 cm³/mol. The Balaban J connectivity index is 1.69.